The second kappa shape index (κ2) is 6.33. The Labute approximate surface area is 124 Å². The van der Waals surface area contributed by atoms with E-state index in [1.807, 2.05) is 12.1 Å². The van der Waals surface area contributed by atoms with Gasteiger partial charge >= 0.3 is 0 Å². The van der Waals surface area contributed by atoms with E-state index < -0.39 is 10.0 Å². The summed E-state index contributed by atoms with van der Waals surface area (Å²) in [5.41, 5.74) is 7.22. The average Bonchev–Trinajstić information content (AvgIpc) is 2.84. The molecule has 0 amide bonds. The van der Waals surface area contributed by atoms with Gasteiger partial charge in [0.15, 0.2) is 5.82 Å². The van der Waals surface area contributed by atoms with Gasteiger partial charge in [0, 0.05) is 13.6 Å². The number of nitrogens with zero attached hydrogens (tertiary/aromatic N) is 3. The first-order chi connectivity index (χ1) is 9.90. The predicted molar refractivity (Wildman–Crippen MR) is 79.5 cm³/mol. The summed E-state index contributed by atoms with van der Waals surface area (Å²) >= 11 is 0. The van der Waals surface area contributed by atoms with Crippen LogP contribution in [-0.2, 0) is 28.9 Å². The van der Waals surface area contributed by atoms with E-state index in [-0.39, 0.29) is 12.3 Å². The highest BCUT2D eigenvalue weighted by molar-refractivity contribution is 7.88. The summed E-state index contributed by atoms with van der Waals surface area (Å²) in [4.78, 5) is 4.11. The van der Waals surface area contributed by atoms with Crippen molar-refractivity contribution in [1.29, 1.82) is 0 Å². The van der Waals surface area contributed by atoms with Crippen LogP contribution in [-0.4, -0.2) is 35.0 Å². The van der Waals surface area contributed by atoms with Crippen LogP contribution in [0.4, 0.5) is 0 Å². The predicted octanol–water partition coefficient (Wildman–Crippen LogP) is 0.534. The second-order valence-corrected chi connectivity index (χ2v) is 6.95. The maximum atomic E-state index is 12.3. The minimum absolute atomic E-state index is 0.0578. The highest BCUT2D eigenvalue weighted by atomic mass is 32.2. The Morgan fingerprint density at radius 1 is 1.24 bits per heavy atom. The van der Waals surface area contributed by atoms with Gasteiger partial charge in [-0.25, -0.2) is 13.4 Å². The van der Waals surface area contributed by atoms with Gasteiger partial charge in [-0.05, 0) is 18.1 Å². The number of hydrogen-bond donors (Lipinski definition) is 2. The SMILES string of the molecule is Cc1nc(CN(C)S(=O)(=O)Cc2ccc(CN)cc2)n[nH]1. The van der Waals surface area contributed by atoms with Crippen molar-refractivity contribution in [2.45, 2.75) is 25.8 Å². The van der Waals surface area contributed by atoms with Gasteiger partial charge in [-0.15, -0.1) is 0 Å². The van der Waals surface area contributed by atoms with Crippen molar-refractivity contribution in [3.63, 3.8) is 0 Å². The Balaban J connectivity index is 2.05. The molecule has 2 aromatic rings. The van der Waals surface area contributed by atoms with Crippen molar-refractivity contribution in [3.8, 4) is 0 Å². The lowest BCUT2D eigenvalue weighted by Crippen LogP contribution is -2.28. The fourth-order valence-electron chi connectivity index (χ4n) is 1.85. The monoisotopic (exact) mass is 309 g/mol. The van der Waals surface area contributed by atoms with E-state index in [9.17, 15) is 8.42 Å². The van der Waals surface area contributed by atoms with Crippen molar-refractivity contribution in [2.75, 3.05) is 7.05 Å². The van der Waals surface area contributed by atoms with Crippen LogP contribution in [0, 0.1) is 6.92 Å². The lowest BCUT2D eigenvalue weighted by Gasteiger charge is -2.15. The molecule has 0 radical (unpaired) electrons. The lowest BCUT2D eigenvalue weighted by molar-refractivity contribution is 0.456. The summed E-state index contributed by atoms with van der Waals surface area (Å²) in [6.45, 7) is 2.36. The number of aromatic amines is 1. The quantitative estimate of drug-likeness (QED) is 0.810. The number of aryl methyl sites for hydroxylation is 1. The standard InChI is InChI=1S/C13H19N5O2S/c1-10-15-13(17-16-10)8-18(2)21(19,20)9-12-5-3-11(7-14)4-6-12/h3-6H,7-9,14H2,1-2H3,(H,15,16,17). The van der Waals surface area contributed by atoms with Crippen molar-refractivity contribution < 1.29 is 8.42 Å². The molecule has 0 aliphatic heterocycles. The smallest absolute Gasteiger partial charge is 0.218 e. The lowest BCUT2D eigenvalue weighted by atomic mass is 10.1. The molecule has 0 saturated heterocycles. The van der Waals surface area contributed by atoms with Gasteiger partial charge in [-0.3, -0.25) is 5.10 Å². The molecule has 2 rings (SSSR count). The average molecular weight is 309 g/mol. The van der Waals surface area contributed by atoms with Crippen LogP contribution in [0.25, 0.3) is 0 Å². The summed E-state index contributed by atoms with van der Waals surface area (Å²) in [7, 11) is -1.89. The van der Waals surface area contributed by atoms with Crippen LogP contribution in [0.3, 0.4) is 0 Å². The number of nitrogens with two attached hydrogens (primary N) is 1. The normalized spacial score (nSPS) is 12.0. The van der Waals surface area contributed by atoms with Gasteiger partial charge in [0.25, 0.3) is 0 Å². The molecule has 0 unspecified atom stereocenters. The summed E-state index contributed by atoms with van der Waals surface area (Å²) in [6, 6.07) is 7.24. The number of benzene rings is 1. The van der Waals surface area contributed by atoms with Crippen molar-refractivity contribution in [3.05, 3.63) is 47.0 Å². The number of nitrogens with one attached hydrogen (secondary N) is 1. The van der Waals surface area contributed by atoms with Crippen LogP contribution >= 0.6 is 0 Å². The third-order valence-corrected chi connectivity index (χ3v) is 4.87. The first kappa shape index (κ1) is 15.6. The number of rotatable bonds is 6. The van der Waals surface area contributed by atoms with Gasteiger partial charge in [-0.2, -0.15) is 9.40 Å². The topological polar surface area (TPSA) is 105 Å². The van der Waals surface area contributed by atoms with Crippen LogP contribution in [0.5, 0.6) is 0 Å². The molecule has 0 saturated carbocycles. The highest BCUT2D eigenvalue weighted by Crippen LogP contribution is 2.12. The molecule has 8 heteroatoms. The van der Waals surface area contributed by atoms with Gasteiger partial charge in [-0.1, -0.05) is 24.3 Å². The van der Waals surface area contributed by atoms with Gasteiger partial charge < -0.3 is 5.73 Å². The maximum absolute atomic E-state index is 12.3. The molecule has 1 aromatic heterocycles. The Morgan fingerprint density at radius 3 is 2.38 bits per heavy atom. The van der Waals surface area contributed by atoms with Crippen molar-refractivity contribution in [2.24, 2.45) is 5.73 Å². The van der Waals surface area contributed by atoms with Crippen LogP contribution < -0.4 is 5.73 Å². The van der Waals surface area contributed by atoms with E-state index in [0.29, 0.717) is 18.2 Å². The molecule has 3 N–H and O–H groups in total. The molecule has 21 heavy (non-hydrogen) atoms. The molecule has 0 fully saturated rings. The van der Waals surface area contributed by atoms with Gasteiger partial charge in [0.1, 0.15) is 5.82 Å². The molecule has 7 nitrogen and oxygen atoms in total. The number of H-pyrrole nitrogens is 1. The molecular weight excluding hydrogens is 290 g/mol. The molecule has 0 spiro atoms. The van der Waals surface area contributed by atoms with E-state index in [4.69, 9.17) is 5.73 Å². The molecule has 0 aliphatic carbocycles. The van der Waals surface area contributed by atoms with E-state index >= 15 is 0 Å². The zero-order valence-corrected chi connectivity index (χ0v) is 12.9. The van der Waals surface area contributed by atoms with Crippen molar-refractivity contribution >= 4 is 10.0 Å². The van der Waals surface area contributed by atoms with E-state index in [2.05, 4.69) is 15.2 Å². The molecule has 114 valence electrons. The number of hydrogen-bond acceptors (Lipinski definition) is 5. The maximum Gasteiger partial charge on any atom is 0.218 e. The molecule has 1 aromatic carbocycles. The highest BCUT2D eigenvalue weighted by Gasteiger charge is 2.20. The fourth-order valence-corrected chi connectivity index (χ4v) is 3.00. The van der Waals surface area contributed by atoms with E-state index in [1.165, 1.54) is 11.4 Å². The largest absolute Gasteiger partial charge is 0.326 e. The Morgan fingerprint density at radius 2 is 1.86 bits per heavy atom. The summed E-state index contributed by atoms with van der Waals surface area (Å²) in [5.74, 6) is 1.06. The molecule has 0 bridgehead atoms. The number of aromatic nitrogens is 3. The van der Waals surface area contributed by atoms with Crippen LogP contribution in [0.1, 0.15) is 22.8 Å². The van der Waals surface area contributed by atoms with Crippen LogP contribution in [0.2, 0.25) is 0 Å². The Bertz CT molecular complexity index is 694. The fraction of sp³-hybridized carbons (Fsp3) is 0.385. The molecule has 1 heterocycles. The zero-order chi connectivity index (χ0) is 15.5. The second-order valence-electron chi connectivity index (χ2n) is 4.87. The number of sulfonamides is 1. The summed E-state index contributed by atoms with van der Waals surface area (Å²) in [6.07, 6.45) is 0. The van der Waals surface area contributed by atoms with Crippen molar-refractivity contribution in [1.82, 2.24) is 19.5 Å². The van der Waals surface area contributed by atoms with E-state index in [0.717, 1.165) is 11.1 Å². The van der Waals surface area contributed by atoms with E-state index in [1.54, 1.807) is 19.1 Å². The third kappa shape index (κ3) is 4.10. The minimum atomic E-state index is -3.41. The molecule has 0 aliphatic rings. The Kier molecular flexibility index (Phi) is 4.71. The summed E-state index contributed by atoms with van der Waals surface area (Å²) in [5, 5.41) is 6.64. The molecule has 0 atom stereocenters. The van der Waals surface area contributed by atoms with Gasteiger partial charge in [0.2, 0.25) is 10.0 Å². The van der Waals surface area contributed by atoms with Gasteiger partial charge in [0.05, 0.1) is 12.3 Å². The van der Waals surface area contributed by atoms with Crippen LogP contribution in [0.15, 0.2) is 24.3 Å². The zero-order valence-electron chi connectivity index (χ0n) is 12.1. The summed E-state index contributed by atoms with van der Waals surface area (Å²) < 4.78 is 25.9. The third-order valence-electron chi connectivity index (χ3n) is 3.09. The minimum Gasteiger partial charge on any atom is -0.326 e. The Hall–Kier alpha value is -1.77. The molecular formula is C13H19N5O2S. The first-order valence-corrected chi connectivity index (χ1v) is 8.11. The first-order valence-electron chi connectivity index (χ1n) is 6.50.